The van der Waals surface area contributed by atoms with Crippen LogP contribution in [0.4, 0.5) is 5.69 Å². The Kier molecular flexibility index (Phi) is 6.33. The molecule has 3 heterocycles. The highest BCUT2D eigenvalue weighted by molar-refractivity contribution is 6.04. The van der Waals surface area contributed by atoms with Gasteiger partial charge >= 0.3 is 0 Å². The molecule has 1 aliphatic rings. The van der Waals surface area contributed by atoms with E-state index in [1.54, 1.807) is 49.1 Å². The number of benzene rings is 1. The van der Waals surface area contributed by atoms with Crippen molar-refractivity contribution < 1.29 is 9.59 Å². The van der Waals surface area contributed by atoms with Gasteiger partial charge in [0.2, 0.25) is 5.91 Å². The van der Waals surface area contributed by atoms with Crippen LogP contribution < -0.4 is 11.1 Å². The highest BCUT2D eigenvalue weighted by atomic mass is 16.2. The Hall–Kier alpha value is -3.58. The highest BCUT2D eigenvalue weighted by Gasteiger charge is 2.33. The van der Waals surface area contributed by atoms with Gasteiger partial charge in [0.25, 0.3) is 5.91 Å². The van der Waals surface area contributed by atoms with Crippen molar-refractivity contribution >= 4 is 17.5 Å². The Labute approximate surface area is 181 Å². The summed E-state index contributed by atoms with van der Waals surface area (Å²) >= 11 is 0. The molecule has 31 heavy (non-hydrogen) atoms. The van der Waals surface area contributed by atoms with Crippen molar-refractivity contribution in [3.63, 3.8) is 0 Å². The van der Waals surface area contributed by atoms with Crippen molar-refractivity contribution in [3.05, 3.63) is 90.0 Å². The summed E-state index contributed by atoms with van der Waals surface area (Å²) in [7, 11) is 0. The molecule has 4 rings (SSSR count). The van der Waals surface area contributed by atoms with Crippen LogP contribution >= 0.6 is 0 Å². The quantitative estimate of drug-likeness (QED) is 0.645. The van der Waals surface area contributed by atoms with Crippen molar-refractivity contribution in [2.75, 3.05) is 11.9 Å². The lowest BCUT2D eigenvalue weighted by molar-refractivity contribution is -0.131. The molecule has 0 radical (unpaired) electrons. The number of pyridine rings is 2. The predicted molar refractivity (Wildman–Crippen MR) is 118 cm³/mol. The number of nitrogens with one attached hydrogen (secondary N) is 1. The van der Waals surface area contributed by atoms with Gasteiger partial charge in [0, 0.05) is 42.6 Å². The minimum absolute atomic E-state index is 0.0502. The van der Waals surface area contributed by atoms with Crippen molar-refractivity contribution in [2.45, 2.75) is 31.3 Å². The first-order valence-corrected chi connectivity index (χ1v) is 10.4. The van der Waals surface area contributed by atoms with Crippen LogP contribution in [0.3, 0.4) is 0 Å². The molecule has 1 saturated heterocycles. The molecule has 3 N–H and O–H groups in total. The van der Waals surface area contributed by atoms with Gasteiger partial charge in [-0.25, -0.2) is 0 Å². The van der Waals surface area contributed by atoms with Gasteiger partial charge in [-0.15, -0.1) is 0 Å². The van der Waals surface area contributed by atoms with E-state index in [0.717, 1.165) is 24.0 Å². The summed E-state index contributed by atoms with van der Waals surface area (Å²) in [6, 6.07) is 14.1. The van der Waals surface area contributed by atoms with E-state index >= 15 is 0 Å². The fourth-order valence-electron chi connectivity index (χ4n) is 3.97. The number of hydrogen-bond acceptors (Lipinski definition) is 5. The Morgan fingerprint density at radius 2 is 1.65 bits per heavy atom. The van der Waals surface area contributed by atoms with E-state index in [2.05, 4.69) is 15.3 Å². The lowest BCUT2D eigenvalue weighted by atomic mass is 9.96. The van der Waals surface area contributed by atoms with Crippen LogP contribution in [0, 0.1) is 0 Å². The smallest absolute Gasteiger partial charge is 0.255 e. The maximum absolute atomic E-state index is 12.9. The van der Waals surface area contributed by atoms with E-state index in [-0.39, 0.29) is 23.9 Å². The fraction of sp³-hybridized carbons (Fsp3) is 0.250. The predicted octanol–water partition coefficient (Wildman–Crippen LogP) is 2.96. The van der Waals surface area contributed by atoms with Gasteiger partial charge in [-0.1, -0.05) is 12.1 Å². The van der Waals surface area contributed by atoms with E-state index in [1.165, 1.54) is 0 Å². The summed E-state index contributed by atoms with van der Waals surface area (Å²) in [5.74, 6) is -0.112. The number of nitrogens with zero attached hydrogens (tertiary/aromatic N) is 3. The minimum atomic E-state index is -0.304. The van der Waals surface area contributed by atoms with Crippen LogP contribution in [-0.2, 0) is 11.2 Å². The molecule has 0 aliphatic carbocycles. The van der Waals surface area contributed by atoms with Crippen molar-refractivity contribution in [1.82, 2.24) is 14.9 Å². The number of hydrogen-bond donors (Lipinski definition) is 2. The Bertz CT molecular complexity index is 1020. The number of likely N-dealkylation sites (tertiary alicyclic amines) is 1. The van der Waals surface area contributed by atoms with E-state index in [9.17, 15) is 9.59 Å². The topological polar surface area (TPSA) is 101 Å². The minimum Gasteiger partial charge on any atom is -0.338 e. The molecule has 0 saturated carbocycles. The average Bonchev–Trinajstić information content (AvgIpc) is 3.30. The number of nitrogens with two attached hydrogens (primary N) is 1. The van der Waals surface area contributed by atoms with Crippen LogP contribution in [0.25, 0.3) is 0 Å². The largest absolute Gasteiger partial charge is 0.338 e. The second-order valence-electron chi connectivity index (χ2n) is 7.67. The SMILES string of the molecule is NC(c1ccc(C(=O)Nc2ccncc2)cc1)C1CCCN1C(=O)Cc1ccncc1. The first-order chi connectivity index (χ1) is 15.1. The second kappa shape index (κ2) is 9.49. The average molecular weight is 415 g/mol. The molecular formula is C24H25N5O2. The highest BCUT2D eigenvalue weighted by Crippen LogP contribution is 2.28. The summed E-state index contributed by atoms with van der Waals surface area (Å²) < 4.78 is 0. The maximum Gasteiger partial charge on any atom is 0.255 e. The normalized spacial score (nSPS) is 16.7. The number of anilines is 1. The molecular weight excluding hydrogens is 390 g/mol. The zero-order chi connectivity index (χ0) is 21.6. The van der Waals surface area contributed by atoms with E-state index in [1.807, 2.05) is 29.2 Å². The van der Waals surface area contributed by atoms with Crippen molar-refractivity contribution in [2.24, 2.45) is 5.73 Å². The number of rotatable bonds is 6. The molecule has 2 aromatic heterocycles. The van der Waals surface area contributed by atoms with Gasteiger partial charge in [-0.3, -0.25) is 19.6 Å². The molecule has 2 unspecified atom stereocenters. The second-order valence-corrected chi connectivity index (χ2v) is 7.67. The molecule has 158 valence electrons. The van der Waals surface area contributed by atoms with Gasteiger partial charge in [0.15, 0.2) is 0 Å². The molecule has 1 fully saturated rings. The van der Waals surface area contributed by atoms with Gasteiger partial charge in [-0.05, 0) is 60.4 Å². The van der Waals surface area contributed by atoms with Gasteiger partial charge < -0.3 is 16.0 Å². The molecule has 2 atom stereocenters. The molecule has 1 aromatic carbocycles. The van der Waals surface area contributed by atoms with Gasteiger partial charge in [0.05, 0.1) is 18.5 Å². The molecule has 0 bridgehead atoms. The Morgan fingerprint density at radius 3 is 2.32 bits per heavy atom. The summed E-state index contributed by atoms with van der Waals surface area (Å²) in [6.45, 7) is 0.717. The zero-order valence-electron chi connectivity index (χ0n) is 17.1. The van der Waals surface area contributed by atoms with Crippen LogP contribution in [0.15, 0.2) is 73.3 Å². The van der Waals surface area contributed by atoms with Crippen LogP contribution in [0.5, 0.6) is 0 Å². The van der Waals surface area contributed by atoms with Gasteiger partial charge in [0.1, 0.15) is 0 Å². The summed E-state index contributed by atoms with van der Waals surface area (Å²) in [4.78, 5) is 35.2. The summed E-state index contributed by atoms with van der Waals surface area (Å²) in [6.07, 6.45) is 8.80. The maximum atomic E-state index is 12.9. The molecule has 7 nitrogen and oxygen atoms in total. The lowest BCUT2D eigenvalue weighted by Crippen LogP contribution is -2.42. The third-order valence-corrected chi connectivity index (χ3v) is 5.63. The zero-order valence-corrected chi connectivity index (χ0v) is 17.1. The lowest BCUT2D eigenvalue weighted by Gasteiger charge is -2.30. The molecule has 0 spiro atoms. The van der Waals surface area contributed by atoms with E-state index in [4.69, 9.17) is 5.73 Å². The standard InChI is InChI=1S/C24H25N5O2/c25-23(21-2-1-15-29(21)22(30)16-17-7-11-26-12-8-17)18-3-5-19(6-4-18)24(31)28-20-9-13-27-14-10-20/h3-14,21,23H,1-2,15-16,25H2,(H,27,28,31). The van der Waals surface area contributed by atoms with Gasteiger partial charge in [-0.2, -0.15) is 0 Å². The Morgan fingerprint density at radius 1 is 1.00 bits per heavy atom. The summed E-state index contributed by atoms with van der Waals surface area (Å²) in [5, 5.41) is 2.84. The number of carbonyl (C=O) groups is 2. The van der Waals surface area contributed by atoms with Crippen LogP contribution in [0.2, 0.25) is 0 Å². The van der Waals surface area contributed by atoms with E-state index < -0.39 is 0 Å². The van der Waals surface area contributed by atoms with E-state index in [0.29, 0.717) is 24.2 Å². The first-order valence-electron chi connectivity index (χ1n) is 10.4. The van der Waals surface area contributed by atoms with Crippen molar-refractivity contribution in [3.8, 4) is 0 Å². The monoisotopic (exact) mass is 415 g/mol. The number of amides is 2. The third kappa shape index (κ3) is 4.95. The third-order valence-electron chi connectivity index (χ3n) is 5.63. The number of carbonyl (C=O) groups excluding carboxylic acids is 2. The molecule has 7 heteroatoms. The molecule has 1 aliphatic heterocycles. The molecule has 3 aromatic rings. The van der Waals surface area contributed by atoms with Crippen LogP contribution in [-0.4, -0.2) is 39.3 Å². The number of aromatic nitrogens is 2. The van der Waals surface area contributed by atoms with Crippen LogP contribution in [0.1, 0.15) is 40.4 Å². The molecule has 2 amide bonds. The first kappa shape index (κ1) is 20.7. The Balaban J connectivity index is 1.41. The van der Waals surface area contributed by atoms with Crippen molar-refractivity contribution in [1.29, 1.82) is 0 Å². The summed E-state index contributed by atoms with van der Waals surface area (Å²) in [5.41, 5.74) is 9.66. The fourth-order valence-corrected chi connectivity index (χ4v) is 3.97.